The third kappa shape index (κ3) is 3.34. The summed E-state index contributed by atoms with van der Waals surface area (Å²) in [6, 6.07) is 7.55. The van der Waals surface area contributed by atoms with Crippen molar-refractivity contribution in [3.05, 3.63) is 53.4 Å². The standard InChI is InChI=1S/C19H18F2N6/c20-13-6-16(21)18-17(7-13)27(11-15-4-3-12(8-22)9-24-15)19(25-18)26-5-1-2-14(23)10-26/h3-4,6-7,9,14H,1-2,5,10-11,23H2. The summed E-state index contributed by atoms with van der Waals surface area (Å²) in [6.07, 6.45) is 3.32. The largest absolute Gasteiger partial charge is 0.341 e. The molecule has 4 rings (SSSR count). The lowest BCUT2D eigenvalue weighted by Crippen LogP contribution is -2.44. The van der Waals surface area contributed by atoms with E-state index in [2.05, 4.69) is 9.97 Å². The van der Waals surface area contributed by atoms with Gasteiger partial charge in [0.25, 0.3) is 0 Å². The zero-order chi connectivity index (χ0) is 19.0. The van der Waals surface area contributed by atoms with Crippen LogP contribution >= 0.6 is 0 Å². The molecule has 2 aromatic heterocycles. The Morgan fingerprint density at radius 2 is 2.15 bits per heavy atom. The minimum Gasteiger partial charge on any atom is -0.341 e. The van der Waals surface area contributed by atoms with Crippen LogP contribution in [0.25, 0.3) is 11.0 Å². The number of pyridine rings is 1. The van der Waals surface area contributed by atoms with Crippen LogP contribution in [0.3, 0.4) is 0 Å². The van der Waals surface area contributed by atoms with E-state index in [0.717, 1.165) is 25.5 Å². The number of aromatic nitrogens is 3. The first-order valence-electron chi connectivity index (χ1n) is 8.76. The Balaban J connectivity index is 1.82. The first-order chi connectivity index (χ1) is 13.0. The first kappa shape index (κ1) is 17.4. The van der Waals surface area contributed by atoms with E-state index in [1.54, 1.807) is 16.7 Å². The summed E-state index contributed by atoms with van der Waals surface area (Å²) in [5.41, 5.74) is 7.70. The number of piperidine rings is 1. The van der Waals surface area contributed by atoms with Crippen molar-refractivity contribution in [2.75, 3.05) is 18.0 Å². The van der Waals surface area contributed by atoms with Crippen LogP contribution in [0.15, 0.2) is 30.5 Å². The van der Waals surface area contributed by atoms with E-state index >= 15 is 0 Å². The maximum absolute atomic E-state index is 14.3. The number of nitrogens with zero attached hydrogens (tertiary/aromatic N) is 5. The summed E-state index contributed by atoms with van der Waals surface area (Å²) in [5.74, 6) is -0.800. The third-order valence-corrected chi connectivity index (χ3v) is 4.77. The summed E-state index contributed by atoms with van der Waals surface area (Å²) in [4.78, 5) is 10.7. The second-order valence-corrected chi connectivity index (χ2v) is 6.75. The molecule has 3 aromatic rings. The number of hydrogen-bond acceptors (Lipinski definition) is 5. The van der Waals surface area contributed by atoms with Crippen molar-refractivity contribution in [3.63, 3.8) is 0 Å². The Morgan fingerprint density at radius 1 is 1.30 bits per heavy atom. The second kappa shape index (κ2) is 6.93. The van der Waals surface area contributed by atoms with Gasteiger partial charge in [-0.15, -0.1) is 0 Å². The zero-order valence-corrected chi connectivity index (χ0v) is 14.6. The molecule has 1 aliphatic heterocycles. The molecule has 6 nitrogen and oxygen atoms in total. The van der Waals surface area contributed by atoms with Crippen molar-refractivity contribution in [3.8, 4) is 6.07 Å². The Kier molecular flexibility index (Phi) is 4.46. The van der Waals surface area contributed by atoms with Crippen LogP contribution < -0.4 is 10.6 Å². The molecular weight excluding hydrogens is 350 g/mol. The lowest BCUT2D eigenvalue weighted by atomic mass is 10.1. The van der Waals surface area contributed by atoms with Crippen molar-refractivity contribution in [2.24, 2.45) is 5.73 Å². The highest BCUT2D eigenvalue weighted by Crippen LogP contribution is 2.28. The van der Waals surface area contributed by atoms with Gasteiger partial charge >= 0.3 is 0 Å². The van der Waals surface area contributed by atoms with Gasteiger partial charge in [-0.3, -0.25) is 4.98 Å². The maximum Gasteiger partial charge on any atom is 0.207 e. The molecular formula is C19H18F2N6. The summed E-state index contributed by atoms with van der Waals surface area (Å²) >= 11 is 0. The summed E-state index contributed by atoms with van der Waals surface area (Å²) in [6.45, 7) is 1.64. The molecule has 1 unspecified atom stereocenters. The predicted octanol–water partition coefficient (Wildman–Crippen LogP) is 2.56. The number of halogens is 2. The second-order valence-electron chi connectivity index (χ2n) is 6.75. The highest BCUT2D eigenvalue weighted by atomic mass is 19.1. The van der Waals surface area contributed by atoms with E-state index in [4.69, 9.17) is 11.0 Å². The molecule has 138 valence electrons. The molecule has 0 saturated carbocycles. The lowest BCUT2D eigenvalue weighted by molar-refractivity contribution is 0.495. The van der Waals surface area contributed by atoms with E-state index in [9.17, 15) is 8.78 Å². The molecule has 1 aromatic carbocycles. The van der Waals surface area contributed by atoms with E-state index in [1.165, 1.54) is 12.3 Å². The Labute approximate surface area is 154 Å². The normalized spacial score (nSPS) is 17.3. The van der Waals surface area contributed by atoms with Gasteiger partial charge in [0, 0.05) is 37.5 Å². The topological polar surface area (TPSA) is 83.8 Å². The van der Waals surface area contributed by atoms with Gasteiger partial charge in [-0.2, -0.15) is 5.26 Å². The number of nitrogens with two attached hydrogens (primary N) is 1. The molecule has 0 radical (unpaired) electrons. The maximum atomic E-state index is 14.3. The molecule has 3 heterocycles. The molecule has 1 fully saturated rings. The van der Waals surface area contributed by atoms with Crippen LogP contribution in [0, 0.1) is 23.0 Å². The number of hydrogen-bond donors (Lipinski definition) is 1. The quantitative estimate of drug-likeness (QED) is 0.768. The average Bonchev–Trinajstić information content (AvgIpc) is 3.01. The fourth-order valence-corrected chi connectivity index (χ4v) is 3.47. The number of benzene rings is 1. The Hall–Kier alpha value is -3.05. The van der Waals surface area contributed by atoms with Crippen molar-refractivity contribution < 1.29 is 8.78 Å². The first-order valence-corrected chi connectivity index (χ1v) is 8.76. The smallest absolute Gasteiger partial charge is 0.207 e. The van der Waals surface area contributed by atoms with E-state index in [0.29, 0.717) is 29.3 Å². The summed E-state index contributed by atoms with van der Waals surface area (Å²) < 4.78 is 29.9. The molecule has 1 aliphatic rings. The molecule has 0 amide bonds. The molecule has 2 N–H and O–H groups in total. The van der Waals surface area contributed by atoms with Gasteiger partial charge < -0.3 is 15.2 Å². The van der Waals surface area contributed by atoms with Crippen LogP contribution in [0.5, 0.6) is 0 Å². The van der Waals surface area contributed by atoms with Crippen molar-refractivity contribution in [2.45, 2.75) is 25.4 Å². The Bertz CT molecular complexity index is 1020. The molecule has 0 spiro atoms. The van der Waals surface area contributed by atoms with Crippen molar-refractivity contribution in [1.29, 1.82) is 5.26 Å². The van der Waals surface area contributed by atoms with Crippen LogP contribution in [0.2, 0.25) is 0 Å². The highest BCUT2D eigenvalue weighted by Gasteiger charge is 2.24. The van der Waals surface area contributed by atoms with Gasteiger partial charge in [-0.1, -0.05) is 0 Å². The van der Waals surface area contributed by atoms with Gasteiger partial charge in [-0.05, 0) is 25.0 Å². The SMILES string of the molecule is N#Cc1ccc(Cn2c(N3CCCC(N)C3)nc3c(F)cc(F)cc32)nc1. The number of rotatable bonds is 3. The number of nitriles is 1. The molecule has 8 heteroatoms. The minimum atomic E-state index is -0.695. The van der Waals surface area contributed by atoms with Crippen LogP contribution in [-0.2, 0) is 6.54 Å². The fraction of sp³-hybridized carbons (Fsp3) is 0.316. The summed E-state index contributed by atoms with van der Waals surface area (Å²) in [5, 5.41) is 8.92. The van der Waals surface area contributed by atoms with Crippen molar-refractivity contribution in [1.82, 2.24) is 14.5 Å². The van der Waals surface area contributed by atoms with E-state index in [1.807, 2.05) is 11.0 Å². The van der Waals surface area contributed by atoms with Crippen LogP contribution in [0.4, 0.5) is 14.7 Å². The third-order valence-electron chi connectivity index (χ3n) is 4.77. The molecule has 0 bridgehead atoms. The van der Waals surface area contributed by atoms with E-state index in [-0.39, 0.29) is 18.1 Å². The summed E-state index contributed by atoms with van der Waals surface area (Å²) in [7, 11) is 0. The number of anilines is 1. The Morgan fingerprint density at radius 3 is 2.85 bits per heavy atom. The number of fused-ring (bicyclic) bond motifs is 1. The average molecular weight is 368 g/mol. The fourth-order valence-electron chi connectivity index (χ4n) is 3.47. The van der Waals surface area contributed by atoms with E-state index < -0.39 is 11.6 Å². The van der Waals surface area contributed by atoms with Crippen LogP contribution in [-0.4, -0.2) is 33.7 Å². The molecule has 27 heavy (non-hydrogen) atoms. The van der Waals surface area contributed by atoms with Gasteiger partial charge in [0.1, 0.15) is 17.4 Å². The van der Waals surface area contributed by atoms with Crippen LogP contribution in [0.1, 0.15) is 24.1 Å². The molecule has 0 aliphatic carbocycles. The monoisotopic (exact) mass is 368 g/mol. The highest BCUT2D eigenvalue weighted by molar-refractivity contribution is 5.80. The van der Waals surface area contributed by atoms with Gasteiger partial charge in [0.2, 0.25) is 5.95 Å². The minimum absolute atomic E-state index is 0.0154. The number of imidazole rings is 1. The molecule has 1 saturated heterocycles. The lowest BCUT2D eigenvalue weighted by Gasteiger charge is -2.32. The molecule has 1 atom stereocenters. The zero-order valence-electron chi connectivity index (χ0n) is 14.6. The van der Waals surface area contributed by atoms with Gasteiger partial charge in [0.05, 0.1) is 23.3 Å². The van der Waals surface area contributed by atoms with Gasteiger partial charge in [0.15, 0.2) is 5.82 Å². The predicted molar refractivity (Wildman–Crippen MR) is 97.1 cm³/mol. The van der Waals surface area contributed by atoms with Gasteiger partial charge in [-0.25, -0.2) is 13.8 Å². The van der Waals surface area contributed by atoms with Crippen molar-refractivity contribution >= 4 is 17.0 Å².